The van der Waals surface area contributed by atoms with Gasteiger partial charge in [0.1, 0.15) is 0 Å². The van der Waals surface area contributed by atoms with Crippen molar-refractivity contribution in [3.05, 3.63) is 64.7 Å². The number of hydrogen-bond acceptors (Lipinski definition) is 2. The number of hydrogen-bond donors (Lipinski definition) is 3. The highest BCUT2D eigenvalue weighted by Crippen LogP contribution is 2.12. The molecule has 3 N–H and O–H groups in total. The van der Waals surface area contributed by atoms with Crippen LogP contribution in [-0.4, -0.2) is 18.4 Å². The molecule has 2 aromatic rings. The molecule has 0 spiro atoms. The van der Waals surface area contributed by atoms with E-state index in [0.717, 1.165) is 34.3 Å². The molecule has 0 aromatic heterocycles. The summed E-state index contributed by atoms with van der Waals surface area (Å²) in [7, 11) is 0. The zero-order chi connectivity index (χ0) is 19.6. The van der Waals surface area contributed by atoms with Gasteiger partial charge in [0.25, 0.3) is 0 Å². The van der Waals surface area contributed by atoms with Crippen LogP contribution in [0.4, 0.5) is 5.69 Å². The summed E-state index contributed by atoms with van der Waals surface area (Å²) < 4.78 is 0. The Morgan fingerprint density at radius 1 is 1.00 bits per heavy atom. The summed E-state index contributed by atoms with van der Waals surface area (Å²) in [6.07, 6.45) is 0. The first kappa shape index (κ1) is 20.8. The third-order valence-electron chi connectivity index (χ3n) is 3.88. The van der Waals surface area contributed by atoms with E-state index in [4.69, 9.17) is 11.6 Å². The summed E-state index contributed by atoms with van der Waals surface area (Å²) in [5.74, 6) is 0.731. The minimum Gasteiger partial charge on any atom is -0.357 e. The zero-order valence-corrected chi connectivity index (χ0v) is 16.8. The first-order valence-electron chi connectivity index (χ1n) is 9.14. The minimum atomic E-state index is -0.0383. The fraction of sp³-hybridized carbons (Fsp3) is 0.333. The number of halogens is 1. The molecule has 144 valence electrons. The van der Waals surface area contributed by atoms with Crippen molar-refractivity contribution >= 4 is 29.2 Å². The SMILES string of the molecule is CCNC(=NCc1ccc(NC(=O)C(C)C)cc1)NCc1ccc(Cl)cc1. The first-order chi connectivity index (χ1) is 13.0. The Bertz CT molecular complexity index is 755. The van der Waals surface area contributed by atoms with Crippen LogP contribution in [0.2, 0.25) is 5.02 Å². The van der Waals surface area contributed by atoms with E-state index in [-0.39, 0.29) is 11.8 Å². The van der Waals surface area contributed by atoms with Crippen molar-refractivity contribution in [1.29, 1.82) is 0 Å². The van der Waals surface area contributed by atoms with Crippen molar-refractivity contribution in [3.8, 4) is 0 Å². The Kier molecular flexibility index (Phi) is 8.14. The number of carbonyl (C=O) groups is 1. The van der Waals surface area contributed by atoms with Gasteiger partial charge in [0.15, 0.2) is 5.96 Å². The topological polar surface area (TPSA) is 65.5 Å². The maximum absolute atomic E-state index is 11.7. The first-order valence-corrected chi connectivity index (χ1v) is 9.52. The Hall–Kier alpha value is -2.53. The molecular formula is C21H27ClN4O. The minimum absolute atomic E-state index is 0.0154. The number of benzene rings is 2. The highest BCUT2D eigenvalue weighted by atomic mass is 35.5. The van der Waals surface area contributed by atoms with Gasteiger partial charge in [-0.1, -0.05) is 49.7 Å². The number of nitrogens with zero attached hydrogens (tertiary/aromatic N) is 1. The van der Waals surface area contributed by atoms with Gasteiger partial charge >= 0.3 is 0 Å². The number of rotatable bonds is 7. The molecule has 2 rings (SSSR count). The Balaban J connectivity index is 1.93. The molecule has 0 radical (unpaired) electrons. The lowest BCUT2D eigenvalue weighted by atomic mass is 10.2. The van der Waals surface area contributed by atoms with Crippen LogP contribution in [0.15, 0.2) is 53.5 Å². The molecule has 0 bridgehead atoms. The average molecular weight is 387 g/mol. The highest BCUT2D eigenvalue weighted by Gasteiger charge is 2.06. The molecular weight excluding hydrogens is 360 g/mol. The molecule has 0 saturated heterocycles. The second-order valence-corrected chi connectivity index (χ2v) is 6.95. The van der Waals surface area contributed by atoms with E-state index in [0.29, 0.717) is 13.1 Å². The normalized spacial score (nSPS) is 11.4. The number of nitrogens with one attached hydrogen (secondary N) is 3. The molecule has 0 aliphatic rings. The maximum atomic E-state index is 11.7. The van der Waals surface area contributed by atoms with Gasteiger partial charge in [-0.3, -0.25) is 4.79 Å². The van der Waals surface area contributed by atoms with Crippen molar-refractivity contribution in [3.63, 3.8) is 0 Å². The standard InChI is InChI=1S/C21H27ClN4O/c1-4-23-21(24-13-16-5-9-18(22)10-6-16)25-14-17-7-11-19(12-8-17)26-20(27)15(2)3/h5-12,15H,4,13-14H2,1-3H3,(H,26,27)(H2,23,24,25). The Labute approximate surface area is 166 Å². The Morgan fingerprint density at radius 3 is 2.22 bits per heavy atom. The molecule has 0 atom stereocenters. The Morgan fingerprint density at radius 2 is 1.63 bits per heavy atom. The fourth-order valence-electron chi connectivity index (χ4n) is 2.28. The second-order valence-electron chi connectivity index (χ2n) is 6.52. The quantitative estimate of drug-likeness (QED) is 0.493. The van der Waals surface area contributed by atoms with Gasteiger partial charge in [0, 0.05) is 29.7 Å². The monoisotopic (exact) mass is 386 g/mol. The molecule has 5 nitrogen and oxygen atoms in total. The summed E-state index contributed by atoms with van der Waals surface area (Å²) in [6, 6.07) is 15.5. The number of guanidine groups is 1. The van der Waals surface area contributed by atoms with Gasteiger partial charge in [0.2, 0.25) is 5.91 Å². The molecule has 2 aromatic carbocycles. The smallest absolute Gasteiger partial charge is 0.226 e. The van der Waals surface area contributed by atoms with Gasteiger partial charge in [-0.2, -0.15) is 0 Å². The van der Waals surface area contributed by atoms with Crippen molar-refractivity contribution in [2.45, 2.75) is 33.9 Å². The third kappa shape index (κ3) is 7.31. The van der Waals surface area contributed by atoms with Crippen LogP contribution in [0.5, 0.6) is 0 Å². The van der Waals surface area contributed by atoms with E-state index in [1.807, 2.05) is 69.3 Å². The van der Waals surface area contributed by atoms with Crippen molar-refractivity contribution in [2.24, 2.45) is 10.9 Å². The van der Waals surface area contributed by atoms with Crippen molar-refractivity contribution in [1.82, 2.24) is 10.6 Å². The number of carbonyl (C=O) groups excluding carboxylic acids is 1. The third-order valence-corrected chi connectivity index (χ3v) is 4.14. The number of anilines is 1. The molecule has 0 aliphatic carbocycles. The fourth-order valence-corrected chi connectivity index (χ4v) is 2.41. The lowest BCUT2D eigenvalue weighted by molar-refractivity contribution is -0.118. The number of amides is 1. The lowest BCUT2D eigenvalue weighted by Gasteiger charge is -2.12. The van der Waals surface area contributed by atoms with E-state index in [9.17, 15) is 4.79 Å². The summed E-state index contributed by atoms with van der Waals surface area (Å²) >= 11 is 5.92. The van der Waals surface area contributed by atoms with Gasteiger partial charge in [-0.15, -0.1) is 0 Å². The van der Waals surface area contributed by atoms with Crippen LogP contribution < -0.4 is 16.0 Å². The average Bonchev–Trinajstić information content (AvgIpc) is 2.66. The van der Waals surface area contributed by atoms with Gasteiger partial charge in [-0.25, -0.2) is 4.99 Å². The van der Waals surface area contributed by atoms with E-state index in [1.54, 1.807) is 0 Å². The largest absolute Gasteiger partial charge is 0.357 e. The van der Waals surface area contributed by atoms with E-state index >= 15 is 0 Å². The molecule has 0 saturated carbocycles. The van der Waals surface area contributed by atoms with Gasteiger partial charge in [0.05, 0.1) is 6.54 Å². The summed E-state index contributed by atoms with van der Waals surface area (Å²) in [5.41, 5.74) is 3.01. The van der Waals surface area contributed by atoms with Gasteiger partial charge < -0.3 is 16.0 Å². The molecule has 0 heterocycles. The highest BCUT2D eigenvalue weighted by molar-refractivity contribution is 6.30. The van der Waals surface area contributed by atoms with Crippen LogP contribution in [-0.2, 0) is 17.9 Å². The van der Waals surface area contributed by atoms with Gasteiger partial charge in [-0.05, 0) is 42.3 Å². The summed E-state index contributed by atoms with van der Waals surface area (Å²) in [6.45, 7) is 7.78. The second kappa shape index (κ2) is 10.6. The molecule has 0 aliphatic heterocycles. The predicted octanol–water partition coefficient (Wildman–Crippen LogP) is 4.19. The van der Waals surface area contributed by atoms with Crippen LogP contribution >= 0.6 is 11.6 Å². The molecule has 0 unspecified atom stereocenters. The van der Waals surface area contributed by atoms with E-state index < -0.39 is 0 Å². The van der Waals surface area contributed by atoms with Crippen LogP contribution in [0.25, 0.3) is 0 Å². The van der Waals surface area contributed by atoms with Crippen LogP contribution in [0.3, 0.4) is 0 Å². The predicted molar refractivity (Wildman–Crippen MR) is 113 cm³/mol. The van der Waals surface area contributed by atoms with Crippen LogP contribution in [0, 0.1) is 5.92 Å². The van der Waals surface area contributed by atoms with E-state index in [1.165, 1.54) is 0 Å². The molecule has 6 heteroatoms. The van der Waals surface area contributed by atoms with Crippen LogP contribution in [0.1, 0.15) is 31.9 Å². The summed E-state index contributed by atoms with van der Waals surface area (Å²) in [5, 5.41) is 10.2. The maximum Gasteiger partial charge on any atom is 0.226 e. The molecule has 27 heavy (non-hydrogen) atoms. The lowest BCUT2D eigenvalue weighted by Crippen LogP contribution is -2.36. The van der Waals surface area contributed by atoms with E-state index in [2.05, 4.69) is 20.9 Å². The van der Waals surface area contributed by atoms with Crippen molar-refractivity contribution in [2.75, 3.05) is 11.9 Å². The summed E-state index contributed by atoms with van der Waals surface area (Å²) in [4.78, 5) is 16.4. The number of aliphatic imine (C=N–C) groups is 1. The van der Waals surface area contributed by atoms with Crippen molar-refractivity contribution < 1.29 is 4.79 Å². The zero-order valence-electron chi connectivity index (χ0n) is 16.1. The molecule has 0 fully saturated rings. The molecule has 1 amide bonds.